The van der Waals surface area contributed by atoms with Gasteiger partial charge in [0.05, 0.1) is 11.6 Å². The summed E-state index contributed by atoms with van der Waals surface area (Å²) in [6.45, 7) is 0. The second-order valence-electron chi connectivity index (χ2n) is 3.87. The first-order valence-electron chi connectivity index (χ1n) is 5.16. The highest BCUT2D eigenvalue weighted by molar-refractivity contribution is 9.10. The average Bonchev–Trinajstić information content (AvgIpc) is 2.68. The normalized spacial score (nSPS) is 13.6. The highest BCUT2D eigenvalue weighted by atomic mass is 79.9. The molecule has 0 saturated carbocycles. The minimum absolute atomic E-state index is 0.403. The Labute approximate surface area is 125 Å². The number of benzene rings is 1. The maximum atomic E-state index is 12.6. The van der Waals surface area contributed by atoms with Crippen LogP contribution in [0.5, 0.6) is 0 Å². The largest absolute Gasteiger partial charge is 0.416 e. The van der Waals surface area contributed by atoms with Crippen molar-refractivity contribution < 1.29 is 13.2 Å². The number of hydrogen-bond donors (Lipinski definition) is 1. The van der Waals surface area contributed by atoms with Gasteiger partial charge in [-0.1, -0.05) is 23.7 Å². The summed E-state index contributed by atoms with van der Waals surface area (Å²) in [5.74, 6) is 0. The number of rotatable bonds is 2. The third kappa shape index (κ3) is 3.31. The molecular weight excluding hydrogens is 363 g/mol. The topological polar surface area (TPSA) is 26.0 Å². The molecule has 0 aliphatic rings. The van der Waals surface area contributed by atoms with Gasteiger partial charge in [-0.05, 0) is 39.7 Å². The molecule has 0 aliphatic carbocycles. The molecule has 1 aromatic carbocycles. The van der Waals surface area contributed by atoms with E-state index in [9.17, 15) is 13.2 Å². The van der Waals surface area contributed by atoms with Crippen molar-refractivity contribution >= 4 is 38.9 Å². The van der Waals surface area contributed by atoms with E-state index in [2.05, 4.69) is 15.9 Å². The van der Waals surface area contributed by atoms with Crippen molar-refractivity contribution in [3.8, 4) is 0 Å². The van der Waals surface area contributed by atoms with Crippen LogP contribution in [0.2, 0.25) is 4.34 Å². The Balaban J connectivity index is 2.36. The van der Waals surface area contributed by atoms with Crippen LogP contribution in [0.15, 0.2) is 34.8 Å². The monoisotopic (exact) mass is 369 g/mol. The molecule has 0 radical (unpaired) electrons. The summed E-state index contributed by atoms with van der Waals surface area (Å²) in [6, 6.07) is 6.09. The average molecular weight is 371 g/mol. The highest BCUT2D eigenvalue weighted by Gasteiger charge is 2.31. The summed E-state index contributed by atoms with van der Waals surface area (Å²) in [4.78, 5) is 0.705. The molecule has 0 amide bonds. The molecule has 0 aliphatic heterocycles. The second-order valence-corrected chi connectivity index (χ2v) is 6.41. The molecule has 2 rings (SSSR count). The van der Waals surface area contributed by atoms with E-state index in [1.807, 2.05) is 0 Å². The van der Waals surface area contributed by atoms with Crippen LogP contribution in [0.25, 0.3) is 0 Å². The van der Waals surface area contributed by atoms with Crippen LogP contribution in [0, 0.1) is 0 Å². The van der Waals surface area contributed by atoms with Gasteiger partial charge in [0, 0.05) is 9.35 Å². The van der Waals surface area contributed by atoms with Gasteiger partial charge in [-0.3, -0.25) is 0 Å². The van der Waals surface area contributed by atoms with Crippen LogP contribution >= 0.6 is 38.9 Å². The summed E-state index contributed by atoms with van der Waals surface area (Å²) in [7, 11) is 0. The van der Waals surface area contributed by atoms with Gasteiger partial charge < -0.3 is 5.73 Å². The van der Waals surface area contributed by atoms with Crippen LogP contribution in [0.4, 0.5) is 13.2 Å². The molecule has 102 valence electrons. The Morgan fingerprint density at radius 1 is 1.26 bits per heavy atom. The van der Waals surface area contributed by atoms with Gasteiger partial charge in [0.25, 0.3) is 0 Å². The number of halogens is 5. The minimum atomic E-state index is -4.37. The van der Waals surface area contributed by atoms with E-state index in [1.54, 1.807) is 12.1 Å². The second kappa shape index (κ2) is 5.44. The first kappa shape index (κ1) is 14.8. The highest BCUT2D eigenvalue weighted by Crippen LogP contribution is 2.37. The smallest absolute Gasteiger partial charge is 0.320 e. The van der Waals surface area contributed by atoms with Crippen molar-refractivity contribution in [2.24, 2.45) is 5.73 Å². The van der Waals surface area contributed by atoms with E-state index in [4.69, 9.17) is 17.3 Å². The van der Waals surface area contributed by atoms with Crippen LogP contribution in [-0.2, 0) is 6.18 Å². The molecule has 1 aromatic heterocycles. The molecule has 2 N–H and O–H groups in total. The number of hydrogen-bond acceptors (Lipinski definition) is 2. The molecule has 1 unspecified atom stereocenters. The van der Waals surface area contributed by atoms with E-state index < -0.39 is 17.8 Å². The molecule has 0 spiro atoms. The molecule has 7 heteroatoms. The standard InChI is InChI=1S/C12H8BrClF3NS/c13-8-5-9(19-11(8)14)10(18)6-2-1-3-7(4-6)12(15,16)17/h1-5,10H,18H2. The lowest BCUT2D eigenvalue weighted by molar-refractivity contribution is -0.137. The third-order valence-corrected chi connectivity index (χ3v) is 5.10. The lowest BCUT2D eigenvalue weighted by Gasteiger charge is -2.13. The molecule has 1 heterocycles. The van der Waals surface area contributed by atoms with Gasteiger partial charge in [0.2, 0.25) is 0 Å². The summed E-state index contributed by atoms with van der Waals surface area (Å²) in [5.41, 5.74) is 5.67. The predicted octanol–water partition coefficient (Wildman–Crippen LogP) is 5.23. The molecule has 19 heavy (non-hydrogen) atoms. The van der Waals surface area contributed by atoms with Crippen LogP contribution in [0.1, 0.15) is 22.0 Å². The fourth-order valence-electron chi connectivity index (χ4n) is 1.59. The number of nitrogens with two attached hydrogens (primary N) is 1. The van der Waals surface area contributed by atoms with Crippen molar-refractivity contribution in [3.05, 3.63) is 55.1 Å². The van der Waals surface area contributed by atoms with E-state index >= 15 is 0 Å². The fourth-order valence-corrected chi connectivity index (χ4v) is 3.36. The van der Waals surface area contributed by atoms with Crippen molar-refractivity contribution in [2.45, 2.75) is 12.2 Å². The molecule has 0 saturated heterocycles. The van der Waals surface area contributed by atoms with E-state index in [-0.39, 0.29) is 0 Å². The summed E-state index contributed by atoms with van der Waals surface area (Å²) in [6.07, 6.45) is -4.37. The van der Waals surface area contributed by atoms with E-state index in [0.717, 1.165) is 12.1 Å². The summed E-state index contributed by atoms with van der Waals surface area (Å²) < 4.78 is 39.1. The Hall–Kier alpha value is -0.560. The molecule has 0 fully saturated rings. The molecule has 1 nitrogen and oxygen atoms in total. The lowest BCUT2D eigenvalue weighted by Crippen LogP contribution is -2.12. The van der Waals surface area contributed by atoms with Crippen molar-refractivity contribution in [1.82, 2.24) is 0 Å². The van der Waals surface area contributed by atoms with Gasteiger partial charge in [0.15, 0.2) is 0 Å². The first-order chi connectivity index (χ1) is 8.79. The number of thiophene rings is 1. The predicted molar refractivity (Wildman–Crippen MR) is 74.5 cm³/mol. The third-order valence-electron chi connectivity index (χ3n) is 2.54. The van der Waals surface area contributed by atoms with Gasteiger partial charge in [-0.25, -0.2) is 0 Å². The Bertz CT molecular complexity index is 577. The van der Waals surface area contributed by atoms with Crippen LogP contribution in [0.3, 0.4) is 0 Å². The Morgan fingerprint density at radius 2 is 1.95 bits per heavy atom. The lowest BCUT2D eigenvalue weighted by atomic mass is 10.0. The maximum Gasteiger partial charge on any atom is 0.416 e. The van der Waals surface area contributed by atoms with E-state index in [0.29, 0.717) is 19.2 Å². The first-order valence-corrected chi connectivity index (χ1v) is 7.15. The molecular formula is C12H8BrClF3NS. The maximum absolute atomic E-state index is 12.6. The quantitative estimate of drug-likeness (QED) is 0.769. The molecule has 0 bridgehead atoms. The Morgan fingerprint density at radius 3 is 2.47 bits per heavy atom. The zero-order chi connectivity index (χ0) is 14.2. The van der Waals surface area contributed by atoms with Gasteiger partial charge in [-0.2, -0.15) is 13.2 Å². The molecule has 2 aromatic rings. The molecule has 1 atom stereocenters. The van der Waals surface area contributed by atoms with Crippen LogP contribution in [-0.4, -0.2) is 0 Å². The Kier molecular flexibility index (Phi) is 4.25. The zero-order valence-corrected chi connectivity index (χ0v) is 12.5. The van der Waals surface area contributed by atoms with Crippen molar-refractivity contribution in [3.63, 3.8) is 0 Å². The van der Waals surface area contributed by atoms with Gasteiger partial charge in [0.1, 0.15) is 4.34 Å². The minimum Gasteiger partial charge on any atom is -0.320 e. The van der Waals surface area contributed by atoms with Gasteiger partial charge in [-0.15, -0.1) is 11.3 Å². The summed E-state index contributed by atoms with van der Waals surface area (Å²) in [5, 5.41) is 0. The van der Waals surface area contributed by atoms with Crippen LogP contribution < -0.4 is 5.73 Å². The zero-order valence-electron chi connectivity index (χ0n) is 9.34. The number of alkyl halides is 3. The summed E-state index contributed by atoms with van der Waals surface area (Å²) >= 11 is 10.4. The van der Waals surface area contributed by atoms with E-state index in [1.165, 1.54) is 17.4 Å². The van der Waals surface area contributed by atoms with Crippen molar-refractivity contribution in [1.29, 1.82) is 0 Å². The SMILES string of the molecule is NC(c1cccc(C(F)(F)F)c1)c1cc(Br)c(Cl)s1. The van der Waals surface area contributed by atoms with Gasteiger partial charge >= 0.3 is 6.18 Å². The fraction of sp³-hybridized carbons (Fsp3) is 0.167. The van der Waals surface area contributed by atoms with Crippen molar-refractivity contribution in [2.75, 3.05) is 0 Å².